The van der Waals surface area contributed by atoms with Crippen molar-refractivity contribution in [3.63, 3.8) is 0 Å². The van der Waals surface area contributed by atoms with Crippen LogP contribution in [0.25, 0.3) is 0 Å². The van der Waals surface area contributed by atoms with E-state index in [0.29, 0.717) is 24.5 Å². The Morgan fingerprint density at radius 1 is 1.55 bits per heavy atom. The van der Waals surface area contributed by atoms with Crippen LogP contribution < -0.4 is 10.6 Å². The zero-order valence-electron chi connectivity index (χ0n) is 12.4. The van der Waals surface area contributed by atoms with Crippen molar-refractivity contribution in [2.75, 3.05) is 32.1 Å². The number of nitrogens with one attached hydrogen (secondary N) is 2. The first-order valence-corrected chi connectivity index (χ1v) is 6.96. The van der Waals surface area contributed by atoms with Gasteiger partial charge in [-0.2, -0.15) is 5.26 Å². The molecule has 2 heterocycles. The summed E-state index contributed by atoms with van der Waals surface area (Å²) in [5.41, 5.74) is 2.45. The smallest absolute Gasteiger partial charge is 0.144 e. The van der Waals surface area contributed by atoms with E-state index < -0.39 is 0 Å². The summed E-state index contributed by atoms with van der Waals surface area (Å²) in [5.74, 6) is 0.675. The minimum absolute atomic E-state index is 0.0548. The van der Waals surface area contributed by atoms with Crippen LogP contribution in [0.2, 0.25) is 0 Å². The number of nitriles is 1. The molecule has 1 aromatic rings. The van der Waals surface area contributed by atoms with Gasteiger partial charge < -0.3 is 15.4 Å². The fourth-order valence-corrected chi connectivity index (χ4v) is 2.83. The Morgan fingerprint density at radius 2 is 2.35 bits per heavy atom. The summed E-state index contributed by atoms with van der Waals surface area (Å²) in [5, 5.41) is 16.1. The van der Waals surface area contributed by atoms with E-state index in [1.807, 2.05) is 19.9 Å². The Balaban J connectivity index is 2.16. The number of anilines is 1. The minimum atomic E-state index is -0.0548. The van der Waals surface area contributed by atoms with Gasteiger partial charge in [-0.25, -0.2) is 4.98 Å². The molecule has 108 valence electrons. The maximum atomic E-state index is 9.28. The monoisotopic (exact) mass is 274 g/mol. The van der Waals surface area contributed by atoms with Crippen molar-refractivity contribution in [1.82, 2.24) is 10.3 Å². The van der Waals surface area contributed by atoms with Crippen LogP contribution in [0.5, 0.6) is 0 Å². The summed E-state index contributed by atoms with van der Waals surface area (Å²) in [7, 11) is 1.72. The molecule has 0 saturated carbocycles. The summed E-state index contributed by atoms with van der Waals surface area (Å²) >= 11 is 0. The van der Waals surface area contributed by atoms with Gasteiger partial charge in [-0.15, -0.1) is 0 Å². The topological polar surface area (TPSA) is 70.0 Å². The largest absolute Gasteiger partial charge is 0.383 e. The molecular weight excluding hydrogens is 252 g/mol. The highest BCUT2D eigenvalue weighted by Crippen LogP contribution is 2.23. The molecule has 5 heteroatoms. The van der Waals surface area contributed by atoms with E-state index in [9.17, 15) is 5.26 Å². The van der Waals surface area contributed by atoms with Gasteiger partial charge in [0.2, 0.25) is 0 Å². The van der Waals surface area contributed by atoms with Crippen LogP contribution in [0.4, 0.5) is 5.82 Å². The summed E-state index contributed by atoms with van der Waals surface area (Å²) in [6.07, 6.45) is 2.22. The van der Waals surface area contributed by atoms with Crippen LogP contribution >= 0.6 is 0 Å². The molecule has 1 aliphatic rings. The van der Waals surface area contributed by atoms with Crippen molar-refractivity contribution in [3.8, 4) is 6.07 Å². The molecule has 2 rings (SSSR count). The number of rotatable bonds is 5. The van der Waals surface area contributed by atoms with E-state index in [4.69, 9.17) is 4.74 Å². The molecule has 0 aromatic carbocycles. The van der Waals surface area contributed by atoms with Crippen LogP contribution in [0.15, 0.2) is 6.07 Å². The number of aromatic nitrogens is 1. The van der Waals surface area contributed by atoms with E-state index in [0.717, 1.165) is 30.6 Å². The lowest BCUT2D eigenvalue weighted by molar-refractivity contribution is 0.127. The predicted octanol–water partition coefficient (Wildman–Crippen LogP) is 1.75. The first-order chi connectivity index (χ1) is 9.60. The molecule has 1 aliphatic heterocycles. The third kappa shape index (κ3) is 3.09. The van der Waals surface area contributed by atoms with E-state index in [1.165, 1.54) is 0 Å². The number of aryl methyl sites for hydroxylation is 2. The van der Waals surface area contributed by atoms with Crippen LogP contribution in [0, 0.1) is 25.2 Å². The standard InChI is InChI=1S/C15H22N4O/c1-11-7-12(2)19-14(13(11)8-16)17-9-15(10-20-3)5-4-6-18-15/h7,18H,4-6,9-10H2,1-3H3,(H,17,19). The molecule has 0 radical (unpaired) electrons. The molecular formula is C15H22N4O. The highest BCUT2D eigenvalue weighted by Gasteiger charge is 2.33. The Bertz CT molecular complexity index is 515. The lowest BCUT2D eigenvalue weighted by Crippen LogP contribution is -2.49. The molecule has 0 bridgehead atoms. The summed E-state index contributed by atoms with van der Waals surface area (Å²) in [6, 6.07) is 4.17. The van der Waals surface area contributed by atoms with Crippen molar-refractivity contribution in [1.29, 1.82) is 5.26 Å². The minimum Gasteiger partial charge on any atom is -0.383 e. The van der Waals surface area contributed by atoms with Gasteiger partial charge in [-0.1, -0.05) is 0 Å². The molecule has 20 heavy (non-hydrogen) atoms. The summed E-state index contributed by atoms with van der Waals surface area (Å²) < 4.78 is 5.33. The molecule has 1 saturated heterocycles. The number of ether oxygens (including phenoxy) is 1. The maximum absolute atomic E-state index is 9.28. The number of hydrogen-bond donors (Lipinski definition) is 2. The zero-order chi connectivity index (χ0) is 14.6. The third-order valence-electron chi connectivity index (χ3n) is 3.80. The van der Waals surface area contributed by atoms with Crippen LogP contribution in [0.3, 0.4) is 0 Å². The molecule has 0 amide bonds. The summed E-state index contributed by atoms with van der Waals surface area (Å²) in [6.45, 7) is 6.27. The lowest BCUT2D eigenvalue weighted by atomic mass is 9.98. The van der Waals surface area contributed by atoms with Crippen molar-refractivity contribution in [2.45, 2.75) is 32.2 Å². The van der Waals surface area contributed by atoms with Gasteiger partial charge in [0.05, 0.1) is 17.7 Å². The lowest BCUT2D eigenvalue weighted by Gasteiger charge is -2.29. The fourth-order valence-electron chi connectivity index (χ4n) is 2.83. The molecule has 1 atom stereocenters. The second kappa shape index (κ2) is 6.21. The average Bonchev–Trinajstić information content (AvgIpc) is 2.85. The highest BCUT2D eigenvalue weighted by atomic mass is 16.5. The SMILES string of the molecule is COCC1(CNc2nc(C)cc(C)c2C#N)CCCN1. The molecule has 5 nitrogen and oxygen atoms in total. The van der Waals surface area contributed by atoms with Crippen molar-refractivity contribution in [2.24, 2.45) is 0 Å². The predicted molar refractivity (Wildman–Crippen MR) is 78.8 cm³/mol. The number of methoxy groups -OCH3 is 1. The number of nitrogens with zero attached hydrogens (tertiary/aromatic N) is 2. The van der Waals surface area contributed by atoms with Crippen molar-refractivity contribution in [3.05, 3.63) is 22.9 Å². The van der Waals surface area contributed by atoms with Gasteiger partial charge in [-0.05, 0) is 44.9 Å². The van der Waals surface area contributed by atoms with Crippen LogP contribution in [-0.4, -0.2) is 37.3 Å². The number of pyridine rings is 1. The quantitative estimate of drug-likeness (QED) is 0.856. The van der Waals surface area contributed by atoms with E-state index in [2.05, 4.69) is 21.7 Å². The Kier molecular flexibility index (Phi) is 4.58. The van der Waals surface area contributed by atoms with E-state index >= 15 is 0 Å². The maximum Gasteiger partial charge on any atom is 0.144 e. The second-order valence-electron chi connectivity index (χ2n) is 5.51. The highest BCUT2D eigenvalue weighted by molar-refractivity contribution is 5.56. The number of hydrogen-bond acceptors (Lipinski definition) is 5. The summed E-state index contributed by atoms with van der Waals surface area (Å²) in [4.78, 5) is 4.45. The van der Waals surface area contributed by atoms with Crippen LogP contribution in [0.1, 0.15) is 29.7 Å². The second-order valence-corrected chi connectivity index (χ2v) is 5.51. The van der Waals surface area contributed by atoms with E-state index in [1.54, 1.807) is 7.11 Å². The first kappa shape index (κ1) is 14.8. The van der Waals surface area contributed by atoms with Gasteiger partial charge >= 0.3 is 0 Å². The third-order valence-corrected chi connectivity index (χ3v) is 3.80. The Morgan fingerprint density at radius 3 is 2.95 bits per heavy atom. The average molecular weight is 274 g/mol. The molecule has 0 aliphatic carbocycles. The Hall–Kier alpha value is -1.64. The van der Waals surface area contributed by atoms with Gasteiger partial charge in [0.1, 0.15) is 11.9 Å². The van der Waals surface area contributed by atoms with Crippen LogP contribution in [-0.2, 0) is 4.74 Å². The van der Waals surface area contributed by atoms with Gasteiger partial charge in [0, 0.05) is 19.3 Å². The Labute approximate surface area is 120 Å². The first-order valence-electron chi connectivity index (χ1n) is 6.96. The molecule has 1 unspecified atom stereocenters. The zero-order valence-corrected chi connectivity index (χ0v) is 12.4. The van der Waals surface area contributed by atoms with Gasteiger partial charge in [0.25, 0.3) is 0 Å². The molecule has 1 aromatic heterocycles. The van der Waals surface area contributed by atoms with Crippen molar-refractivity contribution >= 4 is 5.82 Å². The molecule has 2 N–H and O–H groups in total. The molecule has 0 spiro atoms. The normalized spacial score (nSPS) is 21.7. The van der Waals surface area contributed by atoms with Gasteiger partial charge in [-0.3, -0.25) is 0 Å². The van der Waals surface area contributed by atoms with Gasteiger partial charge in [0.15, 0.2) is 0 Å². The van der Waals surface area contributed by atoms with E-state index in [-0.39, 0.29) is 5.54 Å². The molecule has 1 fully saturated rings. The van der Waals surface area contributed by atoms with Crippen molar-refractivity contribution < 1.29 is 4.74 Å². The fraction of sp³-hybridized carbons (Fsp3) is 0.600.